The van der Waals surface area contributed by atoms with Crippen LogP contribution >= 0.6 is 11.8 Å². The molecule has 0 saturated heterocycles. The third-order valence-electron chi connectivity index (χ3n) is 4.06. The molecule has 0 spiro atoms. The lowest BCUT2D eigenvalue weighted by molar-refractivity contribution is -0.113. The van der Waals surface area contributed by atoms with Gasteiger partial charge in [-0.3, -0.25) is 4.79 Å². The van der Waals surface area contributed by atoms with E-state index in [2.05, 4.69) is 30.9 Å². The zero-order valence-corrected chi connectivity index (χ0v) is 17.3. The van der Waals surface area contributed by atoms with Gasteiger partial charge in [0.05, 0.1) is 5.75 Å². The largest absolute Gasteiger partial charge is 0.325 e. The third-order valence-corrected chi connectivity index (χ3v) is 4.91. The fraction of sp³-hybridized carbons (Fsp3) is 0.0435. The second-order valence-corrected chi connectivity index (χ2v) is 7.39. The first-order valence-corrected chi connectivity index (χ1v) is 10.6. The van der Waals surface area contributed by atoms with Crippen molar-refractivity contribution < 1.29 is 4.79 Å². The van der Waals surface area contributed by atoms with Crippen molar-refractivity contribution in [2.24, 2.45) is 0 Å². The molecule has 0 saturated carbocycles. The topological polar surface area (TPSA) is 91.8 Å². The Hall–Kier alpha value is -3.91. The zero-order valence-electron chi connectivity index (χ0n) is 16.5. The summed E-state index contributed by atoms with van der Waals surface area (Å²) in [6.45, 7) is 0. The monoisotopic (exact) mass is 428 g/mol. The van der Waals surface area contributed by atoms with E-state index in [-0.39, 0.29) is 11.7 Å². The maximum atomic E-state index is 12.3. The predicted molar refractivity (Wildman–Crippen MR) is 125 cm³/mol. The molecule has 1 amide bonds. The van der Waals surface area contributed by atoms with E-state index in [0.717, 1.165) is 17.1 Å². The average Bonchev–Trinajstić information content (AvgIpc) is 2.80. The highest BCUT2D eigenvalue weighted by molar-refractivity contribution is 7.99. The van der Waals surface area contributed by atoms with E-state index in [9.17, 15) is 4.79 Å². The number of thioether (sulfide) groups is 1. The lowest BCUT2D eigenvalue weighted by Gasteiger charge is -2.10. The highest BCUT2D eigenvalue weighted by atomic mass is 32.2. The fourth-order valence-electron chi connectivity index (χ4n) is 2.68. The van der Waals surface area contributed by atoms with E-state index >= 15 is 0 Å². The Bertz CT molecular complexity index is 1070. The number of nitrogens with one attached hydrogen (secondary N) is 3. The van der Waals surface area contributed by atoms with Gasteiger partial charge in [0.1, 0.15) is 0 Å². The van der Waals surface area contributed by atoms with E-state index in [4.69, 9.17) is 0 Å². The quantitative estimate of drug-likeness (QED) is 0.337. The number of aromatic nitrogens is 3. The molecule has 7 nitrogen and oxygen atoms in total. The molecule has 0 atom stereocenters. The van der Waals surface area contributed by atoms with Gasteiger partial charge in [0.15, 0.2) is 5.16 Å². The van der Waals surface area contributed by atoms with Crippen molar-refractivity contribution in [1.29, 1.82) is 0 Å². The molecular weight excluding hydrogens is 408 g/mol. The molecule has 1 heterocycles. The molecule has 8 heteroatoms. The molecule has 0 aliphatic carbocycles. The summed E-state index contributed by atoms with van der Waals surface area (Å²) in [6, 6.07) is 28.6. The van der Waals surface area contributed by atoms with Crippen LogP contribution in [0.3, 0.4) is 0 Å². The van der Waals surface area contributed by atoms with Crippen molar-refractivity contribution >= 4 is 46.6 Å². The molecule has 154 valence electrons. The molecular formula is C23H20N6OS. The summed E-state index contributed by atoms with van der Waals surface area (Å²) in [5, 5.41) is 9.66. The minimum Gasteiger partial charge on any atom is -0.325 e. The van der Waals surface area contributed by atoms with Gasteiger partial charge in [-0.15, -0.1) is 0 Å². The summed E-state index contributed by atoms with van der Waals surface area (Å²) in [4.78, 5) is 25.7. The standard InChI is InChI=1S/C23H20N6OS/c30-20(24-17-10-4-1-5-11-17)16-31-23-28-21(25-18-12-6-2-7-13-18)27-22(29-23)26-19-14-8-3-9-15-19/h1-15H,16H2,(H,24,30)(H2,25,26,27,28,29). The van der Waals surface area contributed by atoms with Crippen LogP contribution in [0.15, 0.2) is 96.2 Å². The summed E-state index contributed by atoms with van der Waals surface area (Å²) in [6.07, 6.45) is 0. The molecule has 3 aromatic carbocycles. The van der Waals surface area contributed by atoms with Gasteiger partial charge >= 0.3 is 0 Å². The fourth-order valence-corrected chi connectivity index (χ4v) is 3.32. The molecule has 4 rings (SSSR count). The Labute approximate surface area is 184 Å². The Kier molecular flexibility index (Phi) is 6.71. The lowest BCUT2D eigenvalue weighted by Crippen LogP contribution is -2.14. The van der Waals surface area contributed by atoms with Crippen LogP contribution < -0.4 is 16.0 Å². The van der Waals surface area contributed by atoms with Crippen LogP contribution in [-0.2, 0) is 4.79 Å². The van der Waals surface area contributed by atoms with E-state index in [0.29, 0.717) is 17.1 Å². The number of nitrogens with zero attached hydrogens (tertiary/aromatic N) is 3. The summed E-state index contributed by atoms with van der Waals surface area (Å²) in [7, 11) is 0. The van der Waals surface area contributed by atoms with E-state index in [1.807, 2.05) is 91.0 Å². The van der Waals surface area contributed by atoms with Crippen LogP contribution in [0.4, 0.5) is 29.0 Å². The van der Waals surface area contributed by atoms with Gasteiger partial charge in [0.25, 0.3) is 0 Å². The number of rotatable bonds is 8. The maximum Gasteiger partial charge on any atom is 0.234 e. The number of carbonyl (C=O) groups excluding carboxylic acids is 1. The van der Waals surface area contributed by atoms with Crippen LogP contribution in [0.25, 0.3) is 0 Å². The van der Waals surface area contributed by atoms with Crippen LogP contribution in [0.1, 0.15) is 0 Å². The smallest absolute Gasteiger partial charge is 0.234 e. The summed E-state index contributed by atoms with van der Waals surface area (Å²) >= 11 is 1.24. The summed E-state index contributed by atoms with van der Waals surface area (Å²) in [5.41, 5.74) is 2.47. The SMILES string of the molecule is O=C(CSc1nc(Nc2ccccc2)nc(Nc2ccccc2)n1)Nc1ccccc1. The number of carbonyl (C=O) groups is 1. The predicted octanol–water partition coefficient (Wildman–Crippen LogP) is 5.09. The first kappa shape index (κ1) is 20.4. The van der Waals surface area contributed by atoms with Gasteiger partial charge in [-0.2, -0.15) is 15.0 Å². The summed E-state index contributed by atoms with van der Waals surface area (Å²) < 4.78 is 0. The first-order chi connectivity index (χ1) is 15.2. The molecule has 4 aromatic rings. The van der Waals surface area contributed by atoms with Gasteiger partial charge in [0.2, 0.25) is 17.8 Å². The average molecular weight is 429 g/mol. The Morgan fingerprint density at radius 1 is 0.645 bits per heavy atom. The van der Waals surface area contributed by atoms with Gasteiger partial charge in [0, 0.05) is 17.1 Å². The molecule has 0 aliphatic heterocycles. The number of anilines is 5. The van der Waals surface area contributed by atoms with Crippen molar-refractivity contribution in [1.82, 2.24) is 15.0 Å². The van der Waals surface area contributed by atoms with Crippen LogP contribution in [0, 0.1) is 0 Å². The van der Waals surface area contributed by atoms with Crippen molar-refractivity contribution in [2.75, 3.05) is 21.7 Å². The molecule has 0 bridgehead atoms. The number of benzene rings is 3. The normalized spacial score (nSPS) is 10.3. The van der Waals surface area contributed by atoms with Gasteiger partial charge < -0.3 is 16.0 Å². The lowest BCUT2D eigenvalue weighted by atomic mass is 10.3. The number of para-hydroxylation sites is 3. The van der Waals surface area contributed by atoms with Gasteiger partial charge in [-0.1, -0.05) is 66.4 Å². The Morgan fingerprint density at radius 2 is 1.10 bits per heavy atom. The van der Waals surface area contributed by atoms with E-state index in [1.165, 1.54) is 11.8 Å². The van der Waals surface area contributed by atoms with Crippen molar-refractivity contribution in [3.05, 3.63) is 91.0 Å². The van der Waals surface area contributed by atoms with Crippen molar-refractivity contribution in [3.63, 3.8) is 0 Å². The molecule has 3 N–H and O–H groups in total. The molecule has 0 fully saturated rings. The molecule has 0 radical (unpaired) electrons. The number of hydrogen-bond donors (Lipinski definition) is 3. The van der Waals surface area contributed by atoms with Crippen LogP contribution in [-0.4, -0.2) is 26.6 Å². The second kappa shape index (κ2) is 10.2. The minimum absolute atomic E-state index is 0.133. The molecule has 0 unspecified atom stereocenters. The Balaban J connectivity index is 1.50. The maximum absolute atomic E-state index is 12.3. The number of hydrogen-bond acceptors (Lipinski definition) is 7. The zero-order chi connectivity index (χ0) is 21.3. The molecule has 31 heavy (non-hydrogen) atoms. The second-order valence-electron chi connectivity index (χ2n) is 6.45. The highest BCUT2D eigenvalue weighted by Gasteiger charge is 2.11. The molecule has 1 aromatic heterocycles. The highest BCUT2D eigenvalue weighted by Crippen LogP contribution is 2.21. The number of amides is 1. The van der Waals surface area contributed by atoms with Gasteiger partial charge in [-0.25, -0.2) is 0 Å². The summed E-state index contributed by atoms with van der Waals surface area (Å²) in [5.74, 6) is 0.831. The van der Waals surface area contributed by atoms with Crippen molar-refractivity contribution in [3.8, 4) is 0 Å². The van der Waals surface area contributed by atoms with Crippen LogP contribution in [0.5, 0.6) is 0 Å². The van der Waals surface area contributed by atoms with Crippen LogP contribution in [0.2, 0.25) is 0 Å². The van der Waals surface area contributed by atoms with Gasteiger partial charge in [-0.05, 0) is 36.4 Å². The third kappa shape index (κ3) is 6.28. The minimum atomic E-state index is -0.133. The van der Waals surface area contributed by atoms with E-state index in [1.54, 1.807) is 0 Å². The first-order valence-electron chi connectivity index (χ1n) is 9.62. The van der Waals surface area contributed by atoms with E-state index < -0.39 is 0 Å². The molecule has 0 aliphatic rings. The Morgan fingerprint density at radius 3 is 1.58 bits per heavy atom. The van der Waals surface area contributed by atoms with Crippen molar-refractivity contribution in [2.45, 2.75) is 5.16 Å².